The average molecular weight is 332 g/mol. The van der Waals surface area contributed by atoms with Crippen LogP contribution in [0.15, 0.2) is 24.3 Å². The van der Waals surface area contributed by atoms with Crippen LogP contribution in [0.4, 0.5) is 0 Å². The number of hydrogen-bond acceptors (Lipinski definition) is 2. The Hall–Kier alpha value is -0.280. The van der Waals surface area contributed by atoms with E-state index in [9.17, 15) is 0 Å². The van der Waals surface area contributed by atoms with Crippen molar-refractivity contribution in [2.45, 2.75) is 45.1 Å². The SMILES string of the molecule is CCCCOC(CN1CCCCC1)c1ccc(Cl)cc1.Cl. The Morgan fingerprint density at radius 3 is 2.43 bits per heavy atom. The normalized spacial score (nSPS) is 17.2. The van der Waals surface area contributed by atoms with E-state index in [-0.39, 0.29) is 18.5 Å². The molecule has 1 aromatic carbocycles. The number of benzene rings is 1. The van der Waals surface area contributed by atoms with Crippen molar-refractivity contribution < 1.29 is 4.74 Å². The van der Waals surface area contributed by atoms with Gasteiger partial charge in [0.2, 0.25) is 0 Å². The summed E-state index contributed by atoms with van der Waals surface area (Å²) in [5.41, 5.74) is 1.25. The summed E-state index contributed by atoms with van der Waals surface area (Å²) in [4.78, 5) is 2.54. The van der Waals surface area contributed by atoms with Crippen LogP contribution in [0, 0.1) is 0 Å². The topological polar surface area (TPSA) is 12.5 Å². The maximum atomic E-state index is 6.13. The van der Waals surface area contributed by atoms with Gasteiger partial charge in [-0.05, 0) is 50.0 Å². The maximum Gasteiger partial charge on any atom is 0.0951 e. The number of unbranched alkanes of at least 4 members (excludes halogenated alkanes) is 1. The van der Waals surface area contributed by atoms with Crippen molar-refractivity contribution in [2.75, 3.05) is 26.2 Å². The molecular formula is C17H27Cl2NO. The molecule has 1 saturated heterocycles. The van der Waals surface area contributed by atoms with Crippen LogP contribution >= 0.6 is 24.0 Å². The van der Waals surface area contributed by atoms with Gasteiger partial charge >= 0.3 is 0 Å². The van der Waals surface area contributed by atoms with Crippen molar-refractivity contribution in [3.63, 3.8) is 0 Å². The summed E-state index contributed by atoms with van der Waals surface area (Å²) >= 11 is 5.98. The number of halogens is 2. The van der Waals surface area contributed by atoms with E-state index >= 15 is 0 Å². The fraction of sp³-hybridized carbons (Fsp3) is 0.647. The van der Waals surface area contributed by atoms with Gasteiger partial charge in [-0.15, -0.1) is 12.4 Å². The zero-order chi connectivity index (χ0) is 14.2. The first kappa shape index (κ1) is 18.8. The van der Waals surface area contributed by atoms with Crippen LogP contribution in [-0.4, -0.2) is 31.1 Å². The third-order valence-electron chi connectivity index (χ3n) is 3.93. The molecule has 1 atom stereocenters. The second-order valence-corrected chi connectivity index (χ2v) is 6.06. The standard InChI is InChI=1S/C17H26ClNO.ClH/c1-2-3-13-20-17(14-19-11-5-4-6-12-19)15-7-9-16(18)10-8-15;/h7-10,17H,2-6,11-14H2,1H3;1H. The van der Waals surface area contributed by atoms with E-state index in [1.807, 2.05) is 12.1 Å². The molecule has 0 amide bonds. The van der Waals surface area contributed by atoms with Gasteiger partial charge in [0, 0.05) is 18.2 Å². The Balaban J connectivity index is 0.00000220. The fourth-order valence-electron chi connectivity index (χ4n) is 2.68. The third kappa shape index (κ3) is 6.56. The van der Waals surface area contributed by atoms with Gasteiger partial charge in [0.05, 0.1) is 6.10 Å². The summed E-state index contributed by atoms with van der Waals surface area (Å²) in [5, 5.41) is 0.791. The van der Waals surface area contributed by atoms with E-state index in [1.54, 1.807) is 0 Å². The predicted molar refractivity (Wildman–Crippen MR) is 92.6 cm³/mol. The monoisotopic (exact) mass is 331 g/mol. The molecule has 1 unspecified atom stereocenters. The molecule has 0 saturated carbocycles. The Morgan fingerprint density at radius 2 is 1.81 bits per heavy atom. The van der Waals surface area contributed by atoms with Gasteiger partial charge in [0.1, 0.15) is 0 Å². The third-order valence-corrected chi connectivity index (χ3v) is 4.18. The summed E-state index contributed by atoms with van der Waals surface area (Å²) in [6.07, 6.45) is 6.50. The number of ether oxygens (including phenoxy) is 1. The smallest absolute Gasteiger partial charge is 0.0951 e. The average Bonchev–Trinajstić information content (AvgIpc) is 2.48. The lowest BCUT2D eigenvalue weighted by Crippen LogP contribution is -2.34. The molecule has 2 rings (SSSR count). The van der Waals surface area contributed by atoms with E-state index in [4.69, 9.17) is 16.3 Å². The zero-order valence-electron chi connectivity index (χ0n) is 12.9. The molecule has 1 aromatic rings. The molecule has 0 bridgehead atoms. The quantitative estimate of drug-likeness (QED) is 0.644. The maximum absolute atomic E-state index is 6.13. The van der Waals surface area contributed by atoms with Gasteiger partial charge in [-0.2, -0.15) is 0 Å². The summed E-state index contributed by atoms with van der Waals surface area (Å²) < 4.78 is 6.13. The molecule has 0 aromatic heterocycles. The predicted octanol–water partition coefficient (Wildman–Crippen LogP) is 5.11. The van der Waals surface area contributed by atoms with Crippen molar-refractivity contribution >= 4 is 24.0 Å². The summed E-state index contributed by atoms with van der Waals surface area (Å²) in [5.74, 6) is 0. The lowest BCUT2D eigenvalue weighted by Gasteiger charge is -2.30. The molecule has 120 valence electrons. The van der Waals surface area contributed by atoms with Crippen LogP contribution in [-0.2, 0) is 4.74 Å². The van der Waals surface area contributed by atoms with E-state index in [2.05, 4.69) is 24.0 Å². The Bertz CT molecular complexity index is 377. The molecule has 4 heteroatoms. The van der Waals surface area contributed by atoms with Crippen LogP contribution in [0.1, 0.15) is 50.7 Å². The van der Waals surface area contributed by atoms with Gasteiger partial charge in [-0.1, -0.05) is 43.5 Å². The first-order valence-corrected chi connectivity index (χ1v) is 8.27. The highest BCUT2D eigenvalue weighted by Gasteiger charge is 2.18. The first-order valence-electron chi connectivity index (χ1n) is 7.89. The highest BCUT2D eigenvalue weighted by Crippen LogP contribution is 2.23. The molecule has 21 heavy (non-hydrogen) atoms. The molecule has 1 aliphatic rings. The minimum atomic E-state index is 0. The summed E-state index contributed by atoms with van der Waals surface area (Å²) in [6, 6.07) is 8.12. The highest BCUT2D eigenvalue weighted by atomic mass is 35.5. The molecule has 0 aliphatic carbocycles. The minimum Gasteiger partial charge on any atom is -0.372 e. The molecule has 0 N–H and O–H groups in total. The van der Waals surface area contributed by atoms with Crippen LogP contribution in [0.3, 0.4) is 0 Å². The lowest BCUT2D eigenvalue weighted by molar-refractivity contribution is 0.0192. The Morgan fingerprint density at radius 1 is 1.14 bits per heavy atom. The summed E-state index contributed by atoms with van der Waals surface area (Å²) in [6.45, 7) is 6.47. The second kappa shape index (κ2) is 10.4. The van der Waals surface area contributed by atoms with E-state index in [1.165, 1.54) is 44.3 Å². The number of piperidine rings is 1. The van der Waals surface area contributed by atoms with Gasteiger partial charge in [0.25, 0.3) is 0 Å². The van der Waals surface area contributed by atoms with Crippen LogP contribution in [0.2, 0.25) is 5.02 Å². The molecular weight excluding hydrogens is 305 g/mol. The highest BCUT2D eigenvalue weighted by molar-refractivity contribution is 6.30. The van der Waals surface area contributed by atoms with Gasteiger partial charge in [-0.25, -0.2) is 0 Å². The Labute approximate surface area is 140 Å². The first-order chi connectivity index (χ1) is 9.79. The number of hydrogen-bond donors (Lipinski definition) is 0. The van der Waals surface area contributed by atoms with Crippen LogP contribution in [0.5, 0.6) is 0 Å². The summed E-state index contributed by atoms with van der Waals surface area (Å²) in [7, 11) is 0. The number of nitrogens with zero attached hydrogens (tertiary/aromatic N) is 1. The lowest BCUT2D eigenvalue weighted by atomic mass is 10.1. The molecule has 1 aliphatic heterocycles. The Kier molecular flexibility index (Phi) is 9.34. The van der Waals surface area contributed by atoms with Crippen LogP contribution in [0.25, 0.3) is 0 Å². The largest absolute Gasteiger partial charge is 0.372 e. The molecule has 0 radical (unpaired) electrons. The van der Waals surface area contributed by atoms with Gasteiger partial charge < -0.3 is 9.64 Å². The zero-order valence-corrected chi connectivity index (χ0v) is 14.5. The van der Waals surface area contributed by atoms with Gasteiger partial charge in [0.15, 0.2) is 0 Å². The number of rotatable bonds is 7. The van der Waals surface area contributed by atoms with Crippen LogP contribution < -0.4 is 0 Å². The van der Waals surface area contributed by atoms with Gasteiger partial charge in [-0.3, -0.25) is 0 Å². The van der Waals surface area contributed by atoms with Crippen molar-refractivity contribution in [3.05, 3.63) is 34.9 Å². The minimum absolute atomic E-state index is 0. The second-order valence-electron chi connectivity index (χ2n) is 5.63. The fourth-order valence-corrected chi connectivity index (χ4v) is 2.80. The van der Waals surface area contributed by atoms with Crippen molar-refractivity contribution in [3.8, 4) is 0 Å². The molecule has 2 nitrogen and oxygen atoms in total. The van der Waals surface area contributed by atoms with Crippen molar-refractivity contribution in [1.29, 1.82) is 0 Å². The van der Waals surface area contributed by atoms with E-state index in [0.717, 1.165) is 24.6 Å². The molecule has 1 fully saturated rings. The van der Waals surface area contributed by atoms with Crippen molar-refractivity contribution in [1.82, 2.24) is 4.90 Å². The number of likely N-dealkylation sites (tertiary alicyclic amines) is 1. The molecule has 1 heterocycles. The van der Waals surface area contributed by atoms with Crippen molar-refractivity contribution in [2.24, 2.45) is 0 Å². The van der Waals surface area contributed by atoms with E-state index in [0.29, 0.717) is 0 Å². The van der Waals surface area contributed by atoms with E-state index < -0.39 is 0 Å². The molecule has 0 spiro atoms.